The topological polar surface area (TPSA) is 62.1 Å². The summed E-state index contributed by atoms with van der Waals surface area (Å²) in [7, 11) is 1.56. The normalized spacial score (nSPS) is 11.1. The lowest BCUT2D eigenvalue weighted by Gasteiger charge is -2.12. The Bertz CT molecular complexity index is 1390. The van der Waals surface area contributed by atoms with Crippen molar-refractivity contribution in [2.75, 3.05) is 12.4 Å². The molecule has 33 heavy (non-hydrogen) atoms. The first-order valence-electron chi connectivity index (χ1n) is 10.4. The first-order chi connectivity index (χ1) is 16.1. The smallest absolute Gasteiger partial charge is 0.266 e. The molecule has 0 unspecified atom stereocenters. The van der Waals surface area contributed by atoms with Crippen LogP contribution in [0.1, 0.15) is 16.7 Å². The van der Waals surface area contributed by atoms with Crippen LogP contribution in [-0.4, -0.2) is 13.0 Å². The molecule has 0 fully saturated rings. The number of anilines is 1. The zero-order valence-corrected chi connectivity index (χ0v) is 18.0. The van der Waals surface area contributed by atoms with Crippen molar-refractivity contribution in [3.8, 4) is 11.8 Å². The number of fused-ring (bicyclic) bond motifs is 1. The number of nitrogens with one attached hydrogen (secondary N) is 1. The molecule has 0 heterocycles. The van der Waals surface area contributed by atoms with E-state index in [1.54, 1.807) is 55.7 Å². The highest BCUT2D eigenvalue weighted by atomic mass is 19.1. The van der Waals surface area contributed by atoms with E-state index in [4.69, 9.17) is 4.74 Å². The minimum absolute atomic E-state index is 0.0445. The fourth-order valence-corrected chi connectivity index (χ4v) is 3.68. The number of carbonyl (C=O) groups is 1. The molecule has 0 bridgehead atoms. The third-order valence-electron chi connectivity index (χ3n) is 5.40. The largest absolute Gasteiger partial charge is 0.497 e. The van der Waals surface area contributed by atoms with E-state index >= 15 is 0 Å². The molecule has 1 amide bonds. The van der Waals surface area contributed by atoms with Crippen molar-refractivity contribution in [2.45, 2.75) is 6.42 Å². The van der Waals surface area contributed by atoms with Crippen molar-refractivity contribution >= 4 is 28.4 Å². The third-order valence-corrected chi connectivity index (χ3v) is 5.40. The van der Waals surface area contributed by atoms with Gasteiger partial charge in [0.15, 0.2) is 0 Å². The van der Waals surface area contributed by atoms with Crippen LogP contribution < -0.4 is 10.1 Å². The van der Waals surface area contributed by atoms with Crippen molar-refractivity contribution in [3.05, 3.63) is 113 Å². The predicted octanol–water partition coefficient (Wildman–Crippen LogP) is 6.12. The van der Waals surface area contributed by atoms with E-state index in [-0.39, 0.29) is 11.4 Å². The molecule has 0 aliphatic rings. The van der Waals surface area contributed by atoms with E-state index in [1.807, 2.05) is 42.5 Å². The maximum Gasteiger partial charge on any atom is 0.266 e. The monoisotopic (exact) mass is 436 g/mol. The van der Waals surface area contributed by atoms with Gasteiger partial charge in [-0.1, -0.05) is 54.6 Å². The maximum absolute atomic E-state index is 14.3. The van der Waals surface area contributed by atoms with Crippen LogP contribution in [0.25, 0.3) is 16.8 Å². The summed E-state index contributed by atoms with van der Waals surface area (Å²) in [5, 5.41) is 14.4. The highest BCUT2D eigenvalue weighted by Crippen LogP contribution is 2.28. The van der Waals surface area contributed by atoms with Crippen molar-refractivity contribution < 1.29 is 13.9 Å². The maximum atomic E-state index is 14.3. The number of benzene rings is 4. The number of hydrogen-bond donors (Lipinski definition) is 1. The van der Waals surface area contributed by atoms with Gasteiger partial charge in [0.2, 0.25) is 0 Å². The predicted molar refractivity (Wildman–Crippen MR) is 128 cm³/mol. The van der Waals surface area contributed by atoms with Gasteiger partial charge in [-0.05, 0) is 63.9 Å². The van der Waals surface area contributed by atoms with Gasteiger partial charge < -0.3 is 10.1 Å². The first kappa shape index (κ1) is 21.8. The second-order valence-corrected chi connectivity index (χ2v) is 7.48. The van der Waals surface area contributed by atoms with Gasteiger partial charge >= 0.3 is 0 Å². The highest BCUT2D eigenvalue weighted by molar-refractivity contribution is 6.11. The van der Waals surface area contributed by atoms with Crippen LogP contribution in [-0.2, 0) is 11.2 Å². The fraction of sp³-hybridized carbons (Fsp3) is 0.0714. The highest BCUT2D eigenvalue weighted by Gasteiger charge is 2.14. The van der Waals surface area contributed by atoms with Crippen molar-refractivity contribution in [3.63, 3.8) is 0 Å². The van der Waals surface area contributed by atoms with E-state index in [2.05, 4.69) is 5.32 Å². The summed E-state index contributed by atoms with van der Waals surface area (Å²) in [5.41, 5.74) is 2.59. The summed E-state index contributed by atoms with van der Waals surface area (Å²) < 4.78 is 19.5. The van der Waals surface area contributed by atoms with Gasteiger partial charge in [-0.25, -0.2) is 4.39 Å². The van der Waals surface area contributed by atoms with E-state index in [9.17, 15) is 14.4 Å². The quantitative estimate of drug-likeness (QED) is 0.292. The van der Waals surface area contributed by atoms with Crippen molar-refractivity contribution in [1.82, 2.24) is 0 Å². The molecule has 0 atom stereocenters. The summed E-state index contributed by atoms with van der Waals surface area (Å²) in [5.74, 6) is -0.150. The van der Waals surface area contributed by atoms with Crippen LogP contribution >= 0.6 is 0 Å². The number of amides is 1. The number of rotatable bonds is 6. The Hall–Kier alpha value is -4.43. The average Bonchev–Trinajstić information content (AvgIpc) is 2.85. The number of ether oxygens (including phenoxy) is 1. The van der Waals surface area contributed by atoms with E-state index < -0.39 is 5.91 Å². The van der Waals surface area contributed by atoms with Gasteiger partial charge in [-0.2, -0.15) is 5.26 Å². The van der Waals surface area contributed by atoms with Crippen LogP contribution in [0.2, 0.25) is 0 Å². The van der Waals surface area contributed by atoms with Gasteiger partial charge in [0.1, 0.15) is 23.2 Å². The second-order valence-electron chi connectivity index (χ2n) is 7.48. The van der Waals surface area contributed by atoms with Gasteiger partial charge in [-0.3, -0.25) is 4.79 Å². The Morgan fingerprint density at radius 1 is 0.970 bits per heavy atom. The fourth-order valence-electron chi connectivity index (χ4n) is 3.68. The van der Waals surface area contributed by atoms with Crippen molar-refractivity contribution in [1.29, 1.82) is 5.26 Å². The van der Waals surface area contributed by atoms with E-state index in [0.29, 0.717) is 23.4 Å². The molecule has 4 aromatic rings. The molecule has 0 spiro atoms. The number of nitrogens with zero attached hydrogens (tertiary/aromatic N) is 1. The Labute approximate surface area is 191 Å². The van der Waals surface area contributed by atoms with E-state index in [0.717, 1.165) is 21.9 Å². The molecule has 0 aliphatic carbocycles. The minimum Gasteiger partial charge on any atom is -0.497 e. The number of carbonyl (C=O) groups excluding carboxylic acids is 1. The molecule has 0 radical (unpaired) electrons. The van der Waals surface area contributed by atoms with Crippen LogP contribution in [0, 0.1) is 17.1 Å². The summed E-state index contributed by atoms with van der Waals surface area (Å²) >= 11 is 0. The molecule has 0 aromatic heterocycles. The van der Waals surface area contributed by atoms with Crippen LogP contribution in [0.4, 0.5) is 10.1 Å². The zero-order chi connectivity index (χ0) is 23.2. The molecule has 1 N–H and O–H groups in total. The van der Waals surface area contributed by atoms with Crippen LogP contribution in [0.15, 0.2) is 90.5 Å². The van der Waals surface area contributed by atoms with Gasteiger partial charge in [0.05, 0.1) is 7.11 Å². The lowest BCUT2D eigenvalue weighted by molar-refractivity contribution is -0.112. The summed E-state index contributed by atoms with van der Waals surface area (Å²) in [6, 6.07) is 27.1. The molecular formula is C28H21FN2O2. The minimum atomic E-state index is -0.521. The molecule has 4 aromatic carbocycles. The summed E-state index contributed by atoms with van der Waals surface area (Å²) in [6.45, 7) is 0. The molecule has 5 heteroatoms. The Morgan fingerprint density at radius 2 is 1.70 bits per heavy atom. The molecular weight excluding hydrogens is 415 g/mol. The van der Waals surface area contributed by atoms with Gasteiger partial charge in [-0.15, -0.1) is 0 Å². The van der Waals surface area contributed by atoms with Gasteiger partial charge in [0, 0.05) is 12.1 Å². The lowest BCUT2D eigenvalue weighted by atomic mass is 9.93. The third kappa shape index (κ3) is 4.91. The second kappa shape index (κ2) is 9.80. The molecule has 0 aliphatic heterocycles. The Kier molecular flexibility index (Phi) is 6.47. The van der Waals surface area contributed by atoms with Gasteiger partial charge in [0.25, 0.3) is 5.91 Å². The van der Waals surface area contributed by atoms with Crippen molar-refractivity contribution in [2.24, 2.45) is 0 Å². The number of nitriles is 1. The van der Waals surface area contributed by atoms with E-state index in [1.165, 1.54) is 6.07 Å². The SMILES string of the molecule is COc1ccc(NC(=O)/C(C#N)=C/c2c(Cc3ccccc3F)ccc3ccccc23)cc1. The molecule has 4 rings (SSSR count). The standard InChI is InChI=1S/C28H21FN2O2/c1-33-24-14-12-23(13-15-24)31-28(32)22(18-30)17-26-20(16-21-7-3-5-9-27(21)29)11-10-19-6-2-4-8-25(19)26/h2-15,17H,16H2,1H3,(H,31,32)/b22-17+. The number of halogens is 1. The van der Waals surface area contributed by atoms with Crippen LogP contribution in [0.3, 0.4) is 0 Å². The molecule has 162 valence electrons. The average molecular weight is 436 g/mol. The summed E-state index contributed by atoms with van der Waals surface area (Å²) in [4.78, 5) is 12.9. The van der Waals surface area contributed by atoms with Crippen LogP contribution in [0.5, 0.6) is 5.75 Å². The summed E-state index contributed by atoms with van der Waals surface area (Å²) in [6.07, 6.45) is 1.92. The zero-order valence-electron chi connectivity index (χ0n) is 18.0. The molecule has 4 nitrogen and oxygen atoms in total. The Morgan fingerprint density at radius 3 is 2.42 bits per heavy atom. The number of hydrogen-bond acceptors (Lipinski definition) is 3. The first-order valence-corrected chi connectivity index (χ1v) is 10.4. The lowest BCUT2D eigenvalue weighted by Crippen LogP contribution is -2.13. The Balaban J connectivity index is 1.74. The number of methoxy groups -OCH3 is 1. The molecule has 0 saturated carbocycles. The molecule has 0 saturated heterocycles.